The summed E-state index contributed by atoms with van der Waals surface area (Å²) in [5.74, 6) is 1.01. The summed E-state index contributed by atoms with van der Waals surface area (Å²) in [6.07, 6.45) is 1.09. The Bertz CT molecular complexity index is 363. The first-order valence-corrected chi connectivity index (χ1v) is 13.6. The van der Waals surface area contributed by atoms with E-state index in [0.717, 1.165) is 18.7 Å². The second kappa shape index (κ2) is 6.04. The standard InChI is InChI=1S/C14H27NOSi2/c1-17(2,3)15-12-11-13-7-9-14(10-8-13)16-18(4,5)6/h7-10,15H,11-12H2,1-6H3. The Morgan fingerprint density at radius 3 is 1.94 bits per heavy atom. The van der Waals surface area contributed by atoms with Gasteiger partial charge in [0.1, 0.15) is 14.0 Å². The molecule has 0 heterocycles. The molecule has 0 atom stereocenters. The quantitative estimate of drug-likeness (QED) is 0.799. The minimum Gasteiger partial charge on any atom is -0.544 e. The molecule has 0 aromatic heterocycles. The third-order valence-electron chi connectivity index (χ3n) is 2.42. The fraction of sp³-hybridized carbons (Fsp3) is 0.571. The molecule has 1 rings (SSSR count). The van der Waals surface area contributed by atoms with Crippen LogP contribution in [-0.2, 0) is 6.42 Å². The lowest BCUT2D eigenvalue weighted by Gasteiger charge is -2.20. The van der Waals surface area contributed by atoms with Gasteiger partial charge in [-0.25, -0.2) is 0 Å². The summed E-state index contributed by atoms with van der Waals surface area (Å²) in [4.78, 5) is 3.64. The molecule has 102 valence electrons. The lowest BCUT2D eigenvalue weighted by Crippen LogP contribution is -2.42. The van der Waals surface area contributed by atoms with E-state index >= 15 is 0 Å². The molecule has 0 aliphatic rings. The van der Waals surface area contributed by atoms with Crippen molar-refractivity contribution in [3.8, 4) is 5.75 Å². The van der Waals surface area contributed by atoms with Gasteiger partial charge in [0.25, 0.3) is 0 Å². The number of rotatable bonds is 6. The normalized spacial score (nSPS) is 12.6. The minimum atomic E-state index is -1.47. The smallest absolute Gasteiger partial charge is 0.242 e. The zero-order chi connectivity index (χ0) is 13.8. The van der Waals surface area contributed by atoms with Crippen LogP contribution in [0.3, 0.4) is 0 Å². The highest BCUT2D eigenvalue weighted by Crippen LogP contribution is 2.17. The highest BCUT2D eigenvalue weighted by atomic mass is 28.4. The van der Waals surface area contributed by atoms with Crippen molar-refractivity contribution in [2.75, 3.05) is 6.54 Å². The number of hydrogen-bond donors (Lipinski definition) is 1. The molecule has 0 aliphatic heterocycles. The lowest BCUT2D eigenvalue weighted by molar-refractivity contribution is 0.557. The van der Waals surface area contributed by atoms with Crippen molar-refractivity contribution in [2.24, 2.45) is 0 Å². The molecule has 0 aliphatic carbocycles. The maximum Gasteiger partial charge on any atom is 0.242 e. The Morgan fingerprint density at radius 1 is 0.944 bits per heavy atom. The Kier molecular flexibility index (Phi) is 5.19. The van der Waals surface area contributed by atoms with Crippen molar-refractivity contribution in [2.45, 2.75) is 45.7 Å². The number of benzene rings is 1. The fourth-order valence-corrected chi connectivity index (χ4v) is 3.38. The van der Waals surface area contributed by atoms with E-state index in [9.17, 15) is 0 Å². The van der Waals surface area contributed by atoms with Crippen LogP contribution in [0.25, 0.3) is 0 Å². The van der Waals surface area contributed by atoms with E-state index in [0.29, 0.717) is 0 Å². The molecule has 0 saturated carbocycles. The first-order valence-electron chi connectivity index (χ1n) is 6.69. The molecule has 0 amide bonds. The summed E-state index contributed by atoms with van der Waals surface area (Å²) >= 11 is 0. The number of nitrogens with one attached hydrogen (secondary N) is 1. The summed E-state index contributed by atoms with van der Waals surface area (Å²) in [5, 5.41) is 0. The van der Waals surface area contributed by atoms with Crippen LogP contribution in [0.1, 0.15) is 5.56 Å². The second-order valence-corrected chi connectivity index (χ2v) is 16.1. The first-order chi connectivity index (χ1) is 8.16. The highest BCUT2D eigenvalue weighted by Gasteiger charge is 2.16. The van der Waals surface area contributed by atoms with Gasteiger partial charge in [-0.05, 0) is 50.3 Å². The molecular formula is C14H27NOSi2. The van der Waals surface area contributed by atoms with Crippen LogP contribution < -0.4 is 9.41 Å². The molecular weight excluding hydrogens is 254 g/mol. The van der Waals surface area contributed by atoms with Gasteiger partial charge in [0, 0.05) is 0 Å². The van der Waals surface area contributed by atoms with E-state index < -0.39 is 16.6 Å². The van der Waals surface area contributed by atoms with Crippen LogP contribution in [0.15, 0.2) is 24.3 Å². The van der Waals surface area contributed by atoms with E-state index in [2.05, 4.69) is 68.5 Å². The van der Waals surface area contributed by atoms with Gasteiger partial charge in [-0.1, -0.05) is 31.8 Å². The van der Waals surface area contributed by atoms with Crippen molar-refractivity contribution >= 4 is 16.6 Å². The molecule has 4 heteroatoms. The molecule has 0 radical (unpaired) electrons. The Balaban J connectivity index is 2.46. The third-order valence-corrected chi connectivity index (χ3v) is 4.58. The lowest BCUT2D eigenvalue weighted by atomic mass is 10.1. The van der Waals surface area contributed by atoms with Crippen LogP contribution in [-0.4, -0.2) is 23.1 Å². The summed E-state index contributed by atoms with van der Waals surface area (Å²) < 4.78 is 5.95. The van der Waals surface area contributed by atoms with Gasteiger partial charge >= 0.3 is 0 Å². The molecule has 18 heavy (non-hydrogen) atoms. The van der Waals surface area contributed by atoms with E-state index in [1.54, 1.807) is 0 Å². The van der Waals surface area contributed by atoms with E-state index in [1.165, 1.54) is 5.56 Å². The SMILES string of the molecule is C[Si](C)(C)NCCc1ccc(O[Si](C)(C)C)cc1. The topological polar surface area (TPSA) is 21.3 Å². The van der Waals surface area contributed by atoms with Crippen LogP contribution in [0.2, 0.25) is 39.3 Å². The molecule has 2 nitrogen and oxygen atoms in total. The van der Waals surface area contributed by atoms with E-state index in [-0.39, 0.29) is 0 Å². The minimum absolute atomic E-state index is 1.01. The summed E-state index contributed by atoms with van der Waals surface area (Å²) in [7, 11) is -2.60. The Hall–Kier alpha value is -0.586. The molecule has 0 spiro atoms. The molecule has 0 fully saturated rings. The first kappa shape index (κ1) is 15.5. The van der Waals surface area contributed by atoms with E-state index in [4.69, 9.17) is 4.43 Å². The molecule has 1 aromatic rings. The summed E-state index contributed by atoms with van der Waals surface area (Å²) in [5.41, 5.74) is 1.38. The van der Waals surface area contributed by atoms with Crippen molar-refractivity contribution < 1.29 is 4.43 Å². The van der Waals surface area contributed by atoms with Crippen molar-refractivity contribution in [3.63, 3.8) is 0 Å². The van der Waals surface area contributed by atoms with Crippen molar-refractivity contribution in [1.29, 1.82) is 0 Å². The molecule has 0 bridgehead atoms. The molecule has 0 unspecified atom stereocenters. The Labute approximate surface area is 114 Å². The van der Waals surface area contributed by atoms with Gasteiger partial charge in [-0.3, -0.25) is 0 Å². The van der Waals surface area contributed by atoms with Crippen LogP contribution in [0.4, 0.5) is 0 Å². The summed E-state index contributed by atoms with van der Waals surface area (Å²) in [6.45, 7) is 14.7. The second-order valence-electron chi connectivity index (χ2n) is 6.79. The predicted octanol–water partition coefficient (Wildman–Crippen LogP) is 3.87. The predicted molar refractivity (Wildman–Crippen MR) is 85.5 cm³/mol. The zero-order valence-corrected chi connectivity index (χ0v) is 14.6. The summed E-state index contributed by atoms with van der Waals surface area (Å²) in [6, 6.07) is 8.56. The highest BCUT2D eigenvalue weighted by molar-refractivity contribution is 6.73. The van der Waals surface area contributed by atoms with Gasteiger partial charge in [0.15, 0.2) is 0 Å². The van der Waals surface area contributed by atoms with Gasteiger partial charge in [0.05, 0.1) is 0 Å². The van der Waals surface area contributed by atoms with Gasteiger partial charge in [-0.2, -0.15) is 0 Å². The molecule has 1 N–H and O–H groups in total. The largest absolute Gasteiger partial charge is 0.544 e. The maximum absolute atomic E-state index is 5.95. The zero-order valence-electron chi connectivity index (χ0n) is 12.6. The third kappa shape index (κ3) is 6.98. The van der Waals surface area contributed by atoms with Gasteiger partial charge < -0.3 is 9.41 Å². The van der Waals surface area contributed by atoms with E-state index in [1.807, 2.05) is 0 Å². The molecule has 1 aromatic carbocycles. The van der Waals surface area contributed by atoms with Crippen LogP contribution in [0, 0.1) is 0 Å². The molecule has 0 saturated heterocycles. The van der Waals surface area contributed by atoms with Crippen LogP contribution in [0.5, 0.6) is 5.75 Å². The average molecular weight is 282 g/mol. The van der Waals surface area contributed by atoms with Crippen molar-refractivity contribution in [3.05, 3.63) is 29.8 Å². The van der Waals surface area contributed by atoms with Crippen LogP contribution >= 0.6 is 0 Å². The average Bonchev–Trinajstić information content (AvgIpc) is 2.16. The fourth-order valence-electron chi connectivity index (χ4n) is 1.66. The number of hydrogen-bond acceptors (Lipinski definition) is 2. The van der Waals surface area contributed by atoms with Crippen molar-refractivity contribution in [1.82, 2.24) is 4.98 Å². The Morgan fingerprint density at radius 2 is 1.50 bits per heavy atom. The van der Waals surface area contributed by atoms with Gasteiger partial charge in [0.2, 0.25) is 8.32 Å². The maximum atomic E-state index is 5.95. The van der Waals surface area contributed by atoms with Gasteiger partial charge in [-0.15, -0.1) is 0 Å². The monoisotopic (exact) mass is 281 g/mol.